The number of amides is 1. The lowest BCUT2D eigenvalue weighted by molar-refractivity contribution is -0.0609. The molecule has 3 atom stereocenters. The fraction of sp³-hybridized carbons (Fsp3) is 0.647. The zero-order valence-corrected chi connectivity index (χ0v) is 13.3. The van der Waals surface area contributed by atoms with Crippen LogP contribution in [-0.4, -0.2) is 39.6 Å². The molecular weight excluding hydrogens is 280 g/mol. The Balaban J connectivity index is 1.82. The van der Waals surface area contributed by atoms with Crippen molar-refractivity contribution < 1.29 is 9.90 Å². The number of aliphatic hydroxyl groups is 1. The molecule has 22 heavy (non-hydrogen) atoms. The van der Waals surface area contributed by atoms with E-state index in [1.54, 1.807) is 13.0 Å². The molecule has 120 valence electrons. The zero-order chi connectivity index (χ0) is 15.9. The van der Waals surface area contributed by atoms with Crippen molar-refractivity contribution in [2.75, 3.05) is 13.1 Å². The van der Waals surface area contributed by atoms with Crippen molar-refractivity contribution in [1.82, 2.24) is 9.88 Å². The number of nitrogens with one attached hydrogen (secondary N) is 1. The summed E-state index contributed by atoms with van der Waals surface area (Å²) < 4.78 is 0. The predicted octanol–water partition coefficient (Wildman–Crippen LogP) is 1.70. The van der Waals surface area contributed by atoms with E-state index >= 15 is 0 Å². The Hall–Kier alpha value is -1.62. The van der Waals surface area contributed by atoms with Crippen LogP contribution in [0.5, 0.6) is 0 Å². The number of hydrogen-bond donors (Lipinski definition) is 2. The summed E-state index contributed by atoms with van der Waals surface area (Å²) >= 11 is 0. The molecule has 1 amide bonds. The van der Waals surface area contributed by atoms with Gasteiger partial charge in [-0.1, -0.05) is 13.3 Å². The third-order valence-corrected chi connectivity index (χ3v) is 5.44. The number of rotatable bonds is 2. The van der Waals surface area contributed by atoms with Gasteiger partial charge in [-0.05, 0) is 38.2 Å². The smallest absolute Gasteiger partial charge is 0.254 e. The Bertz CT molecular complexity index is 639. The van der Waals surface area contributed by atoms with E-state index in [2.05, 4.69) is 4.98 Å². The number of hydrogen-bond acceptors (Lipinski definition) is 3. The van der Waals surface area contributed by atoms with Crippen LogP contribution in [0.3, 0.4) is 0 Å². The van der Waals surface area contributed by atoms with Gasteiger partial charge in [0.1, 0.15) is 0 Å². The Morgan fingerprint density at radius 1 is 1.45 bits per heavy atom. The molecule has 2 heterocycles. The Morgan fingerprint density at radius 2 is 2.23 bits per heavy atom. The fourth-order valence-corrected chi connectivity index (χ4v) is 4.22. The third-order valence-electron chi connectivity index (χ3n) is 5.44. The summed E-state index contributed by atoms with van der Waals surface area (Å²) in [6, 6.07) is 3.08. The fourth-order valence-electron chi connectivity index (χ4n) is 4.22. The van der Waals surface area contributed by atoms with Gasteiger partial charge in [-0.15, -0.1) is 0 Å². The normalized spacial score (nSPS) is 31.1. The van der Waals surface area contributed by atoms with Gasteiger partial charge in [-0.25, -0.2) is 0 Å². The number of likely N-dealkylation sites (tertiary alicyclic amines) is 1. The highest BCUT2D eigenvalue weighted by atomic mass is 16.3. The van der Waals surface area contributed by atoms with Gasteiger partial charge < -0.3 is 15.0 Å². The summed E-state index contributed by atoms with van der Waals surface area (Å²) in [5, 5.41) is 10.8. The van der Waals surface area contributed by atoms with Crippen molar-refractivity contribution >= 4 is 5.91 Å². The number of aromatic amines is 1. The first-order valence-corrected chi connectivity index (χ1v) is 8.15. The summed E-state index contributed by atoms with van der Waals surface area (Å²) in [5.41, 5.74) is 0.254. The van der Waals surface area contributed by atoms with Gasteiger partial charge in [0.15, 0.2) is 0 Å². The number of H-pyrrole nitrogens is 1. The summed E-state index contributed by atoms with van der Waals surface area (Å²) in [5.74, 6) is 0.450. The van der Waals surface area contributed by atoms with Crippen molar-refractivity contribution in [3.63, 3.8) is 0 Å². The van der Waals surface area contributed by atoms with Crippen molar-refractivity contribution in [2.24, 2.45) is 11.8 Å². The molecule has 2 fully saturated rings. The summed E-state index contributed by atoms with van der Waals surface area (Å²) in [6.07, 6.45) is 3.67. The van der Waals surface area contributed by atoms with Gasteiger partial charge in [-0.3, -0.25) is 9.59 Å². The van der Waals surface area contributed by atoms with Crippen LogP contribution in [-0.2, 0) is 0 Å². The number of fused-ring (bicyclic) bond motifs is 1. The lowest BCUT2D eigenvalue weighted by Gasteiger charge is -2.40. The molecule has 1 saturated heterocycles. The van der Waals surface area contributed by atoms with E-state index in [1.165, 1.54) is 6.07 Å². The molecule has 3 rings (SSSR count). The van der Waals surface area contributed by atoms with E-state index in [4.69, 9.17) is 0 Å². The monoisotopic (exact) mass is 304 g/mol. The molecule has 1 saturated carbocycles. The van der Waals surface area contributed by atoms with E-state index in [-0.39, 0.29) is 17.4 Å². The quantitative estimate of drug-likeness (QED) is 0.873. The molecular formula is C17H24N2O3. The molecule has 2 N–H and O–H groups in total. The van der Waals surface area contributed by atoms with Crippen LogP contribution in [0.15, 0.2) is 16.9 Å². The molecule has 1 aliphatic heterocycles. The van der Waals surface area contributed by atoms with E-state index in [9.17, 15) is 14.7 Å². The van der Waals surface area contributed by atoms with E-state index in [0.29, 0.717) is 30.3 Å². The van der Waals surface area contributed by atoms with Crippen molar-refractivity contribution in [2.45, 2.75) is 45.1 Å². The highest BCUT2D eigenvalue weighted by molar-refractivity contribution is 5.94. The van der Waals surface area contributed by atoms with Gasteiger partial charge in [0.25, 0.3) is 5.91 Å². The van der Waals surface area contributed by atoms with E-state index in [0.717, 1.165) is 25.7 Å². The zero-order valence-electron chi connectivity index (χ0n) is 13.3. The molecule has 2 aliphatic rings. The minimum Gasteiger partial charge on any atom is -0.390 e. The van der Waals surface area contributed by atoms with E-state index in [1.807, 2.05) is 11.8 Å². The van der Waals surface area contributed by atoms with Gasteiger partial charge >= 0.3 is 0 Å². The molecule has 0 bridgehead atoms. The van der Waals surface area contributed by atoms with Crippen LogP contribution in [0.2, 0.25) is 0 Å². The lowest BCUT2D eigenvalue weighted by atomic mass is 9.69. The second-order valence-corrected chi connectivity index (χ2v) is 6.84. The standard InChI is InChI=1S/C17H24N2O3/c1-3-17(22)6-4-5-12-9-19(10-14(12)17)16(21)13-7-11(2)18-15(20)8-13/h7-8,12,14,22H,3-6,9-10H2,1-2H3,(H,18,20)/t12-,14+,17-/m1/s1. The topological polar surface area (TPSA) is 73.4 Å². The molecule has 1 aromatic heterocycles. The number of aryl methyl sites for hydroxylation is 1. The molecule has 0 unspecified atom stereocenters. The van der Waals surface area contributed by atoms with Crippen LogP contribution < -0.4 is 5.56 Å². The van der Waals surface area contributed by atoms with Crippen molar-refractivity contribution in [1.29, 1.82) is 0 Å². The van der Waals surface area contributed by atoms with E-state index < -0.39 is 5.60 Å². The lowest BCUT2D eigenvalue weighted by Crippen LogP contribution is -2.44. The second kappa shape index (κ2) is 5.54. The minimum atomic E-state index is -0.637. The van der Waals surface area contributed by atoms with Gasteiger partial charge in [0.05, 0.1) is 5.60 Å². The highest BCUT2D eigenvalue weighted by Crippen LogP contribution is 2.44. The maximum absolute atomic E-state index is 12.7. The first kappa shape index (κ1) is 15.3. The van der Waals surface area contributed by atoms with Crippen molar-refractivity contribution in [3.05, 3.63) is 33.7 Å². The Morgan fingerprint density at radius 3 is 2.91 bits per heavy atom. The third kappa shape index (κ3) is 2.58. The van der Waals surface area contributed by atoms with Crippen LogP contribution in [0.1, 0.15) is 48.7 Å². The molecule has 1 aliphatic carbocycles. The maximum Gasteiger partial charge on any atom is 0.254 e. The Labute approximate surface area is 130 Å². The summed E-state index contributed by atoms with van der Waals surface area (Å²) in [7, 11) is 0. The number of aromatic nitrogens is 1. The SMILES string of the molecule is CC[C@@]1(O)CCC[C@@H]2CN(C(=O)c3cc(C)[nH]c(=O)c3)C[C@@H]21. The van der Waals surface area contributed by atoms with Crippen LogP contribution in [0.4, 0.5) is 0 Å². The summed E-state index contributed by atoms with van der Waals surface area (Å²) in [6.45, 7) is 5.09. The Kier molecular flexibility index (Phi) is 3.85. The number of nitrogens with zero attached hydrogens (tertiary/aromatic N) is 1. The van der Waals surface area contributed by atoms with Gasteiger partial charge in [-0.2, -0.15) is 0 Å². The van der Waals surface area contributed by atoms with Crippen LogP contribution >= 0.6 is 0 Å². The molecule has 0 spiro atoms. The molecule has 1 aromatic rings. The summed E-state index contributed by atoms with van der Waals surface area (Å²) in [4.78, 5) is 28.7. The first-order chi connectivity index (χ1) is 10.4. The number of carbonyl (C=O) groups excluding carboxylic acids is 1. The molecule has 5 nitrogen and oxygen atoms in total. The highest BCUT2D eigenvalue weighted by Gasteiger charge is 2.48. The van der Waals surface area contributed by atoms with Crippen LogP contribution in [0, 0.1) is 18.8 Å². The van der Waals surface area contributed by atoms with Gasteiger partial charge in [0.2, 0.25) is 5.56 Å². The largest absolute Gasteiger partial charge is 0.390 e. The molecule has 0 aromatic carbocycles. The molecule has 0 radical (unpaired) electrons. The van der Waals surface area contributed by atoms with Crippen molar-refractivity contribution in [3.8, 4) is 0 Å². The van der Waals surface area contributed by atoms with Crippen LogP contribution in [0.25, 0.3) is 0 Å². The second-order valence-electron chi connectivity index (χ2n) is 6.84. The first-order valence-electron chi connectivity index (χ1n) is 8.15. The maximum atomic E-state index is 12.7. The average Bonchev–Trinajstić information content (AvgIpc) is 2.91. The predicted molar refractivity (Wildman–Crippen MR) is 83.8 cm³/mol. The number of carbonyl (C=O) groups is 1. The minimum absolute atomic E-state index is 0.0953. The van der Waals surface area contributed by atoms with Gasteiger partial charge in [0, 0.05) is 36.3 Å². The molecule has 5 heteroatoms. The number of pyridine rings is 1. The average molecular weight is 304 g/mol.